The minimum atomic E-state index is -4.47. The minimum absolute atomic E-state index is 0.0228. The number of amides is 1. The van der Waals surface area contributed by atoms with Crippen LogP contribution in [-0.4, -0.2) is 46.6 Å². The summed E-state index contributed by atoms with van der Waals surface area (Å²) in [6.45, 7) is 1.23. The molecule has 10 heteroatoms. The lowest BCUT2D eigenvalue weighted by atomic mass is 10.1. The molecule has 1 aliphatic rings. The van der Waals surface area contributed by atoms with Crippen LogP contribution in [0.15, 0.2) is 12.3 Å². The Morgan fingerprint density at radius 3 is 2.84 bits per heavy atom. The first kappa shape index (κ1) is 20.1. The first-order chi connectivity index (χ1) is 11.8. The summed E-state index contributed by atoms with van der Waals surface area (Å²) in [5.74, 6) is 1.84. The number of rotatable bonds is 7. The number of pyridine rings is 1. The predicted molar refractivity (Wildman–Crippen MR) is 93.6 cm³/mol. The number of hydrogen-bond acceptors (Lipinski definition) is 5. The second kappa shape index (κ2) is 8.95. The number of carbonyl (C=O) groups excluding carboxylic acids is 1. The molecule has 0 spiro atoms. The molecule has 2 rings (SSSR count). The highest BCUT2D eigenvalue weighted by molar-refractivity contribution is 7.99. The van der Waals surface area contributed by atoms with Crippen LogP contribution in [-0.2, 0) is 11.0 Å². The summed E-state index contributed by atoms with van der Waals surface area (Å²) in [4.78, 5) is 17.5. The van der Waals surface area contributed by atoms with Crippen LogP contribution < -0.4 is 11.1 Å². The Bertz CT molecular complexity index is 597. The van der Waals surface area contributed by atoms with Gasteiger partial charge in [0.25, 0.3) is 0 Å². The lowest BCUT2D eigenvalue weighted by molar-refractivity contribution is -0.137. The molecule has 1 aliphatic heterocycles. The van der Waals surface area contributed by atoms with E-state index in [0.29, 0.717) is 25.3 Å². The van der Waals surface area contributed by atoms with Crippen molar-refractivity contribution >= 4 is 35.1 Å². The van der Waals surface area contributed by atoms with Gasteiger partial charge in [-0.25, -0.2) is 4.98 Å². The molecule has 0 aromatic carbocycles. The third kappa shape index (κ3) is 5.93. The number of alkyl halides is 3. The number of anilines is 1. The smallest absolute Gasteiger partial charge is 0.369 e. The van der Waals surface area contributed by atoms with Gasteiger partial charge in [0.2, 0.25) is 5.91 Å². The molecule has 0 bridgehead atoms. The van der Waals surface area contributed by atoms with Crippen LogP contribution >= 0.6 is 23.4 Å². The van der Waals surface area contributed by atoms with Gasteiger partial charge in [-0.3, -0.25) is 4.79 Å². The van der Waals surface area contributed by atoms with E-state index in [1.165, 1.54) is 0 Å². The maximum atomic E-state index is 12.5. The Morgan fingerprint density at radius 1 is 1.48 bits per heavy atom. The molecule has 3 N–H and O–H groups in total. The van der Waals surface area contributed by atoms with Crippen LogP contribution in [0, 0.1) is 0 Å². The number of carbonyl (C=O) groups is 1. The van der Waals surface area contributed by atoms with Crippen molar-refractivity contribution in [3.05, 3.63) is 22.8 Å². The van der Waals surface area contributed by atoms with Crippen molar-refractivity contribution in [1.82, 2.24) is 9.88 Å². The van der Waals surface area contributed by atoms with E-state index in [2.05, 4.69) is 10.3 Å². The summed E-state index contributed by atoms with van der Waals surface area (Å²) >= 11 is 7.53. The molecule has 2 heterocycles. The van der Waals surface area contributed by atoms with Gasteiger partial charge in [0.15, 0.2) is 0 Å². The van der Waals surface area contributed by atoms with Gasteiger partial charge < -0.3 is 16.0 Å². The molecular weight excluding hydrogens is 377 g/mol. The zero-order chi connectivity index (χ0) is 18.4. The van der Waals surface area contributed by atoms with E-state index in [1.807, 2.05) is 0 Å². The predicted octanol–water partition coefficient (Wildman–Crippen LogP) is 3.20. The molecule has 1 atom stereocenters. The molecule has 0 unspecified atom stereocenters. The van der Waals surface area contributed by atoms with Crippen molar-refractivity contribution in [2.45, 2.75) is 31.5 Å². The van der Waals surface area contributed by atoms with Gasteiger partial charge in [0.1, 0.15) is 5.82 Å². The van der Waals surface area contributed by atoms with E-state index in [9.17, 15) is 18.0 Å². The Kier molecular flexibility index (Phi) is 7.21. The average molecular weight is 397 g/mol. The highest BCUT2D eigenvalue weighted by Crippen LogP contribution is 2.32. The van der Waals surface area contributed by atoms with Gasteiger partial charge in [0, 0.05) is 25.0 Å². The lowest BCUT2D eigenvalue weighted by Gasteiger charge is -2.19. The Balaban J connectivity index is 1.70. The molecule has 0 radical (unpaired) electrons. The fraction of sp³-hybridized carbons (Fsp3) is 0.600. The van der Waals surface area contributed by atoms with E-state index in [-0.39, 0.29) is 16.7 Å². The second-order valence-electron chi connectivity index (χ2n) is 5.72. The van der Waals surface area contributed by atoms with Gasteiger partial charge in [-0.15, -0.1) is 11.8 Å². The number of thioether (sulfide) groups is 1. The van der Waals surface area contributed by atoms with Crippen LogP contribution in [0.3, 0.4) is 0 Å². The SMILES string of the molecule is N[C@@H](CCCCNc1ncc(C(F)(F)F)cc1Cl)C(=O)N1CCSC1. The number of halogens is 4. The zero-order valence-electron chi connectivity index (χ0n) is 13.5. The number of aromatic nitrogens is 1. The summed E-state index contributed by atoms with van der Waals surface area (Å²) in [7, 11) is 0. The topological polar surface area (TPSA) is 71.2 Å². The first-order valence-electron chi connectivity index (χ1n) is 7.88. The lowest BCUT2D eigenvalue weighted by Crippen LogP contribution is -2.42. The summed E-state index contributed by atoms with van der Waals surface area (Å²) in [6.07, 6.45) is -1.73. The molecule has 1 amide bonds. The summed E-state index contributed by atoms with van der Waals surface area (Å²) < 4.78 is 37.6. The highest BCUT2D eigenvalue weighted by atomic mass is 35.5. The van der Waals surface area contributed by atoms with Crippen LogP contribution in [0.4, 0.5) is 19.0 Å². The van der Waals surface area contributed by atoms with Crippen molar-refractivity contribution in [2.75, 3.05) is 30.0 Å². The van der Waals surface area contributed by atoms with Crippen LogP contribution in [0.1, 0.15) is 24.8 Å². The Labute approximate surface area is 153 Å². The van der Waals surface area contributed by atoms with Crippen molar-refractivity contribution in [2.24, 2.45) is 5.73 Å². The number of nitrogens with two attached hydrogens (primary N) is 1. The van der Waals surface area contributed by atoms with Crippen LogP contribution in [0.25, 0.3) is 0 Å². The monoisotopic (exact) mass is 396 g/mol. The van der Waals surface area contributed by atoms with Gasteiger partial charge in [-0.1, -0.05) is 11.6 Å². The minimum Gasteiger partial charge on any atom is -0.369 e. The molecule has 5 nitrogen and oxygen atoms in total. The number of hydrogen-bond donors (Lipinski definition) is 2. The van der Waals surface area contributed by atoms with Crippen LogP contribution in [0.2, 0.25) is 5.02 Å². The Morgan fingerprint density at radius 2 is 2.24 bits per heavy atom. The highest BCUT2D eigenvalue weighted by Gasteiger charge is 2.31. The maximum absolute atomic E-state index is 12.5. The fourth-order valence-corrected chi connectivity index (χ4v) is 3.55. The maximum Gasteiger partial charge on any atom is 0.417 e. The molecular formula is C15H20ClF3N4OS. The van der Waals surface area contributed by atoms with E-state index >= 15 is 0 Å². The molecule has 25 heavy (non-hydrogen) atoms. The summed E-state index contributed by atoms with van der Waals surface area (Å²) in [5.41, 5.74) is 5.03. The van der Waals surface area contributed by atoms with Crippen molar-refractivity contribution in [1.29, 1.82) is 0 Å². The molecule has 1 saturated heterocycles. The van der Waals surface area contributed by atoms with E-state index in [4.69, 9.17) is 17.3 Å². The largest absolute Gasteiger partial charge is 0.417 e. The van der Waals surface area contributed by atoms with Gasteiger partial charge >= 0.3 is 6.18 Å². The van der Waals surface area contributed by atoms with E-state index in [0.717, 1.165) is 31.0 Å². The standard InChI is InChI=1S/C15H20ClF3N4OS/c16-11-7-10(15(17,18)19)8-22-13(11)21-4-2-1-3-12(20)14(24)23-5-6-25-9-23/h7-8,12H,1-6,9,20H2,(H,21,22)/t12-/m0/s1. The molecule has 1 aromatic heterocycles. The molecule has 1 fully saturated rings. The van der Waals surface area contributed by atoms with E-state index < -0.39 is 17.8 Å². The Hall–Kier alpha value is -1.19. The van der Waals surface area contributed by atoms with Crippen molar-refractivity contribution in [3.8, 4) is 0 Å². The quantitative estimate of drug-likeness (QED) is 0.692. The number of nitrogens with one attached hydrogen (secondary N) is 1. The van der Waals surface area contributed by atoms with Crippen molar-refractivity contribution in [3.63, 3.8) is 0 Å². The van der Waals surface area contributed by atoms with Gasteiger partial charge in [-0.2, -0.15) is 13.2 Å². The molecule has 0 saturated carbocycles. The average Bonchev–Trinajstić information content (AvgIpc) is 3.08. The third-order valence-electron chi connectivity index (χ3n) is 3.78. The molecule has 140 valence electrons. The van der Waals surface area contributed by atoms with Gasteiger partial charge in [-0.05, 0) is 25.3 Å². The summed E-state index contributed by atoms with van der Waals surface area (Å²) in [6, 6.07) is 0.339. The third-order valence-corrected chi connectivity index (χ3v) is 5.04. The molecule has 0 aliphatic carbocycles. The van der Waals surface area contributed by atoms with Gasteiger partial charge in [0.05, 0.1) is 22.5 Å². The number of nitrogens with zero attached hydrogens (tertiary/aromatic N) is 2. The van der Waals surface area contributed by atoms with E-state index in [1.54, 1.807) is 16.7 Å². The first-order valence-corrected chi connectivity index (χ1v) is 9.41. The normalized spacial score (nSPS) is 16.1. The van der Waals surface area contributed by atoms with Crippen LogP contribution in [0.5, 0.6) is 0 Å². The molecule has 1 aromatic rings. The number of unbranched alkanes of at least 4 members (excludes halogenated alkanes) is 1. The van der Waals surface area contributed by atoms with Crippen molar-refractivity contribution < 1.29 is 18.0 Å². The summed E-state index contributed by atoms with van der Waals surface area (Å²) in [5, 5.41) is 2.82. The fourth-order valence-electron chi connectivity index (χ4n) is 2.36. The zero-order valence-corrected chi connectivity index (χ0v) is 15.1. The second-order valence-corrected chi connectivity index (χ2v) is 7.20.